The molecule has 1 aliphatic carbocycles. The number of fused-ring (bicyclic) bond motifs is 1. The van der Waals surface area contributed by atoms with Crippen LogP contribution in [0.3, 0.4) is 0 Å². The maximum atomic E-state index is 13.4. The molecular formula is C22H23ClFN3O3S. The largest absolute Gasteiger partial charge is 0.359 e. The number of hydrogen-bond donors (Lipinski definition) is 1. The van der Waals surface area contributed by atoms with E-state index in [2.05, 4.69) is 5.32 Å². The monoisotopic (exact) mass is 463 g/mol. The second kappa shape index (κ2) is 8.96. The summed E-state index contributed by atoms with van der Waals surface area (Å²) in [7, 11) is 1.64. The van der Waals surface area contributed by atoms with E-state index in [9.17, 15) is 18.8 Å². The third kappa shape index (κ3) is 4.32. The molecule has 4 rings (SSSR count). The summed E-state index contributed by atoms with van der Waals surface area (Å²) in [6.45, 7) is 0.470. The normalized spacial score (nSPS) is 18.9. The predicted molar refractivity (Wildman–Crippen MR) is 120 cm³/mol. The molecule has 1 saturated carbocycles. The van der Waals surface area contributed by atoms with Crippen LogP contribution in [0.4, 0.5) is 4.39 Å². The van der Waals surface area contributed by atoms with Gasteiger partial charge in [-0.25, -0.2) is 9.18 Å². The molecule has 0 saturated heterocycles. The lowest BCUT2D eigenvalue weighted by Crippen LogP contribution is -2.42. The lowest BCUT2D eigenvalue weighted by atomic mass is 9.81. The Balaban J connectivity index is 1.66. The van der Waals surface area contributed by atoms with Crippen molar-refractivity contribution < 1.29 is 9.18 Å². The number of aromatic nitrogens is 2. The van der Waals surface area contributed by atoms with E-state index in [1.165, 1.54) is 32.6 Å². The molecule has 0 atom stereocenters. The highest BCUT2D eigenvalue weighted by Gasteiger charge is 2.27. The molecule has 2 aromatic heterocycles. The van der Waals surface area contributed by atoms with Crippen LogP contribution < -0.4 is 16.6 Å². The van der Waals surface area contributed by atoms with Gasteiger partial charge < -0.3 is 5.32 Å². The number of hydrogen-bond acceptors (Lipinski definition) is 4. The number of carbonyl (C=O) groups excluding carboxylic acids is 1. The van der Waals surface area contributed by atoms with Crippen molar-refractivity contribution in [1.82, 2.24) is 14.5 Å². The molecule has 1 fully saturated rings. The molecule has 0 spiro atoms. The predicted octanol–water partition coefficient (Wildman–Crippen LogP) is 3.62. The van der Waals surface area contributed by atoms with Crippen LogP contribution in [-0.4, -0.2) is 22.1 Å². The number of amides is 1. The molecule has 31 heavy (non-hydrogen) atoms. The second-order valence-electron chi connectivity index (χ2n) is 7.99. The van der Waals surface area contributed by atoms with E-state index in [0.29, 0.717) is 22.3 Å². The van der Waals surface area contributed by atoms with Crippen molar-refractivity contribution in [3.63, 3.8) is 0 Å². The van der Waals surface area contributed by atoms with E-state index < -0.39 is 11.5 Å². The molecule has 0 aliphatic heterocycles. The first-order chi connectivity index (χ1) is 14.9. The van der Waals surface area contributed by atoms with Crippen LogP contribution in [0.2, 0.25) is 5.02 Å². The van der Waals surface area contributed by atoms with Crippen LogP contribution in [0.15, 0.2) is 39.2 Å². The van der Waals surface area contributed by atoms with E-state index in [0.717, 1.165) is 25.7 Å². The quantitative estimate of drug-likeness (QED) is 0.628. The van der Waals surface area contributed by atoms with Gasteiger partial charge in [-0.1, -0.05) is 17.7 Å². The maximum absolute atomic E-state index is 13.4. The summed E-state index contributed by atoms with van der Waals surface area (Å²) in [5.41, 5.74) is 0.475. The van der Waals surface area contributed by atoms with E-state index in [1.54, 1.807) is 24.6 Å². The first-order valence-corrected chi connectivity index (χ1v) is 11.5. The Hall–Kier alpha value is -2.45. The van der Waals surface area contributed by atoms with Gasteiger partial charge in [-0.2, -0.15) is 0 Å². The Morgan fingerprint density at radius 3 is 2.61 bits per heavy atom. The summed E-state index contributed by atoms with van der Waals surface area (Å²) >= 11 is 7.48. The molecule has 6 nitrogen and oxygen atoms in total. The third-order valence-corrected chi connectivity index (χ3v) is 7.33. The summed E-state index contributed by atoms with van der Waals surface area (Å²) in [4.78, 5) is 38.2. The summed E-state index contributed by atoms with van der Waals surface area (Å²) in [5.74, 6) is -0.241. The van der Waals surface area contributed by atoms with Crippen molar-refractivity contribution in [2.75, 3.05) is 7.05 Å². The standard InChI is InChI=1S/C22H23ClFN3O3S/c1-25-20(28)14-4-2-13(3-5-14)11-27-21(29)19-18(8-9-31-19)26(22(27)30)12-15-6-7-16(24)10-17(15)23/h6-10,13-14H,2-5,11-12H2,1H3,(H,25,28). The molecule has 0 bridgehead atoms. The van der Waals surface area contributed by atoms with Gasteiger partial charge >= 0.3 is 5.69 Å². The highest BCUT2D eigenvalue weighted by atomic mass is 35.5. The SMILES string of the molecule is CNC(=O)C1CCC(Cn2c(=O)c3sccc3n(Cc3ccc(F)cc3Cl)c2=O)CC1. The molecular weight excluding hydrogens is 441 g/mol. The van der Waals surface area contributed by atoms with Gasteiger partial charge in [-0.15, -0.1) is 11.3 Å². The smallest absolute Gasteiger partial charge is 0.331 e. The molecule has 3 aromatic rings. The van der Waals surface area contributed by atoms with Gasteiger partial charge in [-0.05, 0) is 60.7 Å². The molecule has 0 unspecified atom stereocenters. The fraction of sp³-hybridized carbons (Fsp3) is 0.409. The highest BCUT2D eigenvalue weighted by Crippen LogP contribution is 2.30. The van der Waals surface area contributed by atoms with Gasteiger partial charge in [0.15, 0.2) is 0 Å². The second-order valence-corrected chi connectivity index (χ2v) is 9.31. The minimum Gasteiger partial charge on any atom is -0.359 e. The molecule has 9 heteroatoms. The zero-order valence-electron chi connectivity index (χ0n) is 17.1. The zero-order chi connectivity index (χ0) is 22.1. The number of thiophene rings is 1. The summed E-state index contributed by atoms with van der Waals surface area (Å²) < 4.78 is 16.8. The Labute approximate surface area is 187 Å². The van der Waals surface area contributed by atoms with Crippen LogP contribution >= 0.6 is 22.9 Å². The first kappa shape index (κ1) is 21.8. The topological polar surface area (TPSA) is 73.1 Å². The van der Waals surface area contributed by atoms with Gasteiger partial charge in [-0.3, -0.25) is 18.7 Å². The molecule has 2 heterocycles. The van der Waals surface area contributed by atoms with Gasteiger partial charge in [0, 0.05) is 24.5 Å². The van der Waals surface area contributed by atoms with Crippen molar-refractivity contribution in [2.45, 2.75) is 38.8 Å². The molecule has 1 aromatic carbocycles. The van der Waals surface area contributed by atoms with Crippen LogP contribution in [0.1, 0.15) is 31.2 Å². The van der Waals surface area contributed by atoms with Crippen molar-refractivity contribution in [3.8, 4) is 0 Å². The minimum absolute atomic E-state index is 0.00461. The van der Waals surface area contributed by atoms with Gasteiger partial charge in [0.05, 0.1) is 12.1 Å². The van der Waals surface area contributed by atoms with Crippen LogP contribution in [-0.2, 0) is 17.9 Å². The average Bonchev–Trinajstić information content (AvgIpc) is 3.25. The number of nitrogens with one attached hydrogen (secondary N) is 1. The number of halogens is 2. The van der Waals surface area contributed by atoms with E-state index in [-0.39, 0.29) is 34.9 Å². The average molecular weight is 464 g/mol. The minimum atomic E-state index is -0.445. The fourth-order valence-electron chi connectivity index (χ4n) is 4.34. The van der Waals surface area contributed by atoms with Crippen LogP contribution in [0.5, 0.6) is 0 Å². The highest BCUT2D eigenvalue weighted by molar-refractivity contribution is 7.17. The van der Waals surface area contributed by atoms with Crippen molar-refractivity contribution in [1.29, 1.82) is 0 Å². The third-order valence-electron chi connectivity index (χ3n) is 6.08. The Bertz CT molecular complexity index is 1240. The van der Waals surface area contributed by atoms with Crippen molar-refractivity contribution >= 4 is 39.1 Å². The maximum Gasteiger partial charge on any atom is 0.331 e. The van der Waals surface area contributed by atoms with E-state index >= 15 is 0 Å². The summed E-state index contributed by atoms with van der Waals surface area (Å²) in [6.07, 6.45) is 3.08. The Kier molecular flexibility index (Phi) is 6.29. The first-order valence-electron chi connectivity index (χ1n) is 10.3. The van der Waals surface area contributed by atoms with E-state index in [1.807, 2.05) is 0 Å². The van der Waals surface area contributed by atoms with Crippen molar-refractivity contribution in [2.24, 2.45) is 11.8 Å². The Morgan fingerprint density at radius 2 is 1.94 bits per heavy atom. The van der Waals surface area contributed by atoms with Gasteiger partial charge in [0.25, 0.3) is 5.56 Å². The van der Waals surface area contributed by atoms with Crippen molar-refractivity contribution in [3.05, 3.63) is 66.9 Å². The number of benzene rings is 1. The molecule has 1 N–H and O–H groups in total. The lowest BCUT2D eigenvalue weighted by Gasteiger charge is -2.27. The molecule has 1 aliphatic rings. The molecule has 164 valence electrons. The number of carbonyl (C=O) groups is 1. The van der Waals surface area contributed by atoms with Gasteiger partial charge in [0.1, 0.15) is 10.5 Å². The zero-order valence-corrected chi connectivity index (χ0v) is 18.6. The lowest BCUT2D eigenvalue weighted by molar-refractivity contribution is -0.125. The van der Waals surface area contributed by atoms with Crippen LogP contribution in [0, 0.1) is 17.7 Å². The molecule has 1 amide bonds. The summed E-state index contributed by atoms with van der Waals surface area (Å²) in [6, 6.07) is 5.82. The molecule has 0 radical (unpaired) electrons. The Morgan fingerprint density at radius 1 is 1.19 bits per heavy atom. The summed E-state index contributed by atoms with van der Waals surface area (Å²) in [5, 5.41) is 4.71. The number of rotatable bonds is 5. The van der Waals surface area contributed by atoms with Crippen LogP contribution in [0.25, 0.3) is 10.2 Å². The fourth-order valence-corrected chi connectivity index (χ4v) is 5.41. The van der Waals surface area contributed by atoms with Gasteiger partial charge in [0.2, 0.25) is 5.91 Å². The van der Waals surface area contributed by atoms with E-state index in [4.69, 9.17) is 11.6 Å². The number of nitrogens with zero attached hydrogens (tertiary/aromatic N) is 2.